The smallest absolute Gasteiger partial charge is 0.276 e. The van der Waals surface area contributed by atoms with Crippen LogP contribution in [-0.4, -0.2) is 43.9 Å². The van der Waals surface area contributed by atoms with Crippen molar-refractivity contribution in [2.45, 2.75) is 39.8 Å². The topological polar surface area (TPSA) is 112 Å². The lowest BCUT2D eigenvalue weighted by Crippen LogP contribution is -2.38. The minimum absolute atomic E-state index is 0.0528. The number of amides is 3. The predicted octanol–water partition coefficient (Wildman–Crippen LogP) is 5.01. The average Bonchev–Trinajstić information content (AvgIpc) is 3.59. The van der Waals surface area contributed by atoms with E-state index in [0.717, 1.165) is 27.9 Å². The number of nitrogens with one attached hydrogen (secondary N) is 3. The molecule has 40 heavy (non-hydrogen) atoms. The van der Waals surface area contributed by atoms with Crippen molar-refractivity contribution in [1.29, 1.82) is 0 Å². The first-order valence-electron chi connectivity index (χ1n) is 13.2. The minimum Gasteiger partial charge on any atom is -0.357 e. The van der Waals surface area contributed by atoms with Gasteiger partial charge in [0.25, 0.3) is 11.8 Å². The van der Waals surface area contributed by atoms with Gasteiger partial charge in [0.2, 0.25) is 5.91 Å². The molecule has 0 radical (unpaired) electrons. The summed E-state index contributed by atoms with van der Waals surface area (Å²) in [5.74, 6) is -0.759. The first-order chi connectivity index (χ1) is 19.2. The molecule has 5 rings (SSSR count). The van der Waals surface area contributed by atoms with Gasteiger partial charge in [0.05, 0.1) is 13.1 Å². The highest BCUT2D eigenvalue weighted by molar-refractivity contribution is 6.04. The van der Waals surface area contributed by atoms with E-state index in [1.807, 2.05) is 67.9 Å². The maximum absolute atomic E-state index is 13.6. The number of hydrogen-bond acceptors (Lipinski definition) is 4. The Hall–Kier alpha value is -4.92. The maximum Gasteiger partial charge on any atom is 0.276 e. The summed E-state index contributed by atoms with van der Waals surface area (Å²) in [4.78, 5) is 43.3. The number of benzene rings is 2. The highest BCUT2D eigenvalue weighted by atomic mass is 16.2. The summed E-state index contributed by atoms with van der Waals surface area (Å²) in [7, 11) is 0. The highest BCUT2D eigenvalue weighted by Crippen LogP contribution is 2.32. The van der Waals surface area contributed by atoms with E-state index in [-0.39, 0.29) is 30.2 Å². The molecule has 0 unspecified atom stereocenters. The van der Waals surface area contributed by atoms with Crippen molar-refractivity contribution < 1.29 is 14.4 Å². The van der Waals surface area contributed by atoms with E-state index in [9.17, 15) is 14.4 Å². The van der Waals surface area contributed by atoms with Crippen LogP contribution in [0.4, 0.5) is 11.4 Å². The Morgan fingerprint density at radius 2 is 1.93 bits per heavy atom. The van der Waals surface area contributed by atoms with Gasteiger partial charge in [-0.1, -0.05) is 37.8 Å². The predicted molar refractivity (Wildman–Crippen MR) is 154 cm³/mol. The zero-order valence-electron chi connectivity index (χ0n) is 22.8. The van der Waals surface area contributed by atoms with E-state index in [4.69, 9.17) is 5.10 Å². The van der Waals surface area contributed by atoms with Crippen LogP contribution in [0, 0.1) is 13.8 Å². The molecule has 4 aromatic rings. The van der Waals surface area contributed by atoms with Crippen molar-refractivity contribution in [1.82, 2.24) is 19.7 Å². The maximum atomic E-state index is 13.6. The van der Waals surface area contributed by atoms with Crippen molar-refractivity contribution in [3.63, 3.8) is 0 Å². The van der Waals surface area contributed by atoms with Crippen LogP contribution < -0.4 is 10.6 Å². The molecule has 2 aromatic heterocycles. The number of aromatic amines is 1. The Balaban J connectivity index is 1.50. The van der Waals surface area contributed by atoms with Gasteiger partial charge in [-0.15, -0.1) is 0 Å². The monoisotopic (exact) mass is 536 g/mol. The molecule has 2 aromatic carbocycles. The molecule has 204 valence electrons. The zero-order valence-corrected chi connectivity index (χ0v) is 22.8. The molecule has 9 heteroatoms. The summed E-state index contributed by atoms with van der Waals surface area (Å²) in [6.45, 7) is 10.7. The second-order valence-electron chi connectivity index (χ2n) is 10.2. The van der Waals surface area contributed by atoms with Gasteiger partial charge in [-0.2, -0.15) is 5.10 Å². The Kier molecular flexibility index (Phi) is 7.37. The van der Waals surface area contributed by atoms with E-state index in [0.29, 0.717) is 35.9 Å². The number of rotatable bonds is 7. The lowest BCUT2D eigenvalue weighted by atomic mass is 9.95. The van der Waals surface area contributed by atoms with E-state index in [2.05, 4.69) is 22.2 Å². The molecule has 0 fully saturated rings. The quantitative estimate of drug-likeness (QED) is 0.288. The number of nitrogens with zero attached hydrogens (tertiary/aromatic N) is 3. The number of anilines is 2. The molecule has 0 spiro atoms. The van der Waals surface area contributed by atoms with Gasteiger partial charge in [-0.3, -0.25) is 19.1 Å². The summed E-state index contributed by atoms with van der Waals surface area (Å²) in [6.07, 6.45) is 2.96. The average molecular weight is 537 g/mol. The number of aromatic nitrogens is 3. The first-order valence-corrected chi connectivity index (χ1v) is 13.2. The van der Waals surface area contributed by atoms with Crippen molar-refractivity contribution in [3.05, 3.63) is 113 Å². The molecule has 0 saturated carbocycles. The van der Waals surface area contributed by atoms with Gasteiger partial charge in [-0.25, -0.2) is 0 Å². The summed E-state index contributed by atoms with van der Waals surface area (Å²) in [6, 6.07) is 16.9. The molecule has 9 nitrogen and oxygen atoms in total. The molecule has 1 aliphatic heterocycles. The van der Waals surface area contributed by atoms with Crippen molar-refractivity contribution in [2.24, 2.45) is 0 Å². The Bertz CT molecular complexity index is 1600. The van der Waals surface area contributed by atoms with Crippen LogP contribution >= 0.6 is 0 Å². The molecule has 0 aliphatic carbocycles. The Morgan fingerprint density at radius 1 is 1.10 bits per heavy atom. The van der Waals surface area contributed by atoms with E-state index < -0.39 is 0 Å². The molecular weight excluding hydrogens is 504 g/mol. The van der Waals surface area contributed by atoms with Gasteiger partial charge >= 0.3 is 0 Å². The standard InChI is InChI=1S/C31H32N6O3/c1-5-27(38)34-25-12-11-22(15-20(25)3)17-37-29-21(4)16-36(31(40)26-10-7-13-32-26)18-24(29)28(35-37)30(39)33-23-9-6-8-19(2)14-23/h5-15,21,32H,1,16-18H2,2-4H3,(H,33,39)(H,34,38)/t21-/m1/s1. The fraction of sp³-hybridized carbons (Fsp3) is 0.226. The Labute approximate surface area is 232 Å². The largest absolute Gasteiger partial charge is 0.357 e. The van der Waals surface area contributed by atoms with Gasteiger partial charge in [0, 0.05) is 41.3 Å². The molecular formula is C31H32N6O3. The number of carbonyl (C=O) groups excluding carboxylic acids is 3. The Morgan fingerprint density at radius 3 is 2.62 bits per heavy atom. The highest BCUT2D eigenvalue weighted by Gasteiger charge is 2.34. The van der Waals surface area contributed by atoms with Crippen LogP contribution in [0.5, 0.6) is 0 Å². The molecule has 1 aliphatic rings. The minimum atomic E-state index is -0.319. The van der Waals surface area contributed by atoms with Crippen LogP contribution in [0.25, 0.3) is 0 Å². The van der Waals surface area contributed by atoms with Gasteiger partial charge < -0.3 is 20.5 Å². The van der Waals surface area contributed by atoms with Crippen molar-refractivity contribution in [3.8, 4) is 0 Å². The van der Waals surface area contributed by atoms with Gasteiger partial charge in [0.1, 0.15) is 5.69 Å². The zero-order chi connectivity index (χ0) is 28.4. The van der Waals surface area contributed by atoms with E-state index in [1.165, 1.54) is 6.08 Å². The van der Waals surface area contributed by atoms with Crippen molar-refractivity contribution >= 4 is 29.1 Å². The third kappa shape index (κ3) is 5.44. The SMILES string of the molecule is C=CC(=O)Nc1ccc(Cn2nc(C(=O)Nc3cccc(C)c3)c3c2[C@H](C)CN(C(=O)c2ccc[nH]2)C3)cc1C. The van der Waals surface area contributed by atoms with Gasteiger partial charge in [0.15, 0.2) is 5.69 Å². The molecule has 0 saturated heterocycles. The molecule has 3 N–H and O–H groups in total. The third-order valence-electron chi connectivity index (χ3n) is 7.08. The lowest BCUT2D eigenvalue weighted by molar-refractivity contribution is -0.111. The third-order valence-corrected chi connectivity index (χ3v) is 7.08. The van der Waals surface area contributed by atoms with Crippen LogP contribution in [0.1, 0.15) is 61.8 Å². The van der Waals surface area contributed by atoms with Crippen LogP contribution in [0.3, 0.4) is 0 Å². The van der Waals surface area contributed by atoms with E-state index >= 15 is 0 Å². The summed E-state index contributed by atoms with van der Waals surface area (Å²) in [5.41, 5.74) is 6.80. The lowest BCUT2D eigenvalue weighted by Gasteiger charge is -2.32. The molecule has 0 bridgehead atoms. The van der Waals surface area contributed by atoms with Crippen LogP contribution in [0.2, 0.25) is 0 Å². The van der Waals surface area contributed by atoms with Crippen LogP contribution in [-0.2, 0) is 17.9 Å². The normalized spacial score (nSPS) is 14.4. The number of H-pyrrole nitrogens is 1. The summed E-state index contributed by atoms with van der Waals surface area (Å²) in [5, 5.41) is 10.6. The molecule has 1 atom stereocenters. The fourth-order valence-corrected chi connectivity index (χ4v) is 5.22. The number of carbonyl (C=O) groups is 3. The van der Waals surface area contributed by atoms with Gasteiger partial charge in [-0.05, 0) is 66.9 Å². The fourth-order valence-electron chi connectivity index (χ4n) is 5.22. The summed E-state index contributed by atoms with van der Waals surface area (Å²) < 4.78 is 1.87. The number of aryl methyl sites for hydroxylation is 2. The van der Waals surface area contributed by atoms with Crippen molar-refractivity contribution in [2.75, 3.05) is 17.2 Å². The number of fused-ring (bicyclic) bond motifs is 1. The molecule has 3 amide bonds. The second-order valence-corrected chi connectivity index (χ2v) is 10.2. The molecule has 3 heterocycles. The second kappa shape index (κ2) is 11.1. The summed E-state index contributed by atoms with van der Waals surface area (Å²) >= 11 is 0. The number of hydrogen-bond donors (Lipinski definition) is 3. The first kappa shape index (κ1) is 26.7. The van der Waals surface area contributed by atoms with Crippen LogP contribution in [0.15, 0.2) is 73.4 Å². The van der Waals surface area contributed by atoms with E-state index in [1.54, 1.807) is 23.2 Å².